The second-order valence-electron chi connectivity index (χ2n) is 3.26. The molecule has 1 heterocycles. The molecule has 94 valence electrons. The van der Waals surface area contributed by atoms with Crippen LogP contribution in [0.1, 0.15) is 17.4 Å². The quantitative estimate of drug-likeness (QED) is 0.637. The van der Waals surface area contributed by atoms with Gasteiger partial charge in [-0.05, 0) is 25.6 Å². The first kappa shape index (κ1) is 13.6. The van der Waals surface area contributed by atoms with Gasteiger partial charge in [0.1, 0.15) is 11.4 Å². The van der Waals surface area contributed by atoms with E-state index >= 15 is 0 Å². The zero-order valence-corrected chi connectivity index (χ0v) is 10.4. The van der Waals surface area contributed by atoms with E-state index in [1.54, 1.807) is 18.4 Å². The van der Waals surface area contributed by atoms with Crippen molar-refractivity contribution < 1.29 is 9.53 Å². The van der Waals surface area contributed by atoms with Crippen molar-refractivity contribution in [2.75, 3.05) is 7.05 Å². The summed E-state index contributed by atoms with van der Waals surface area (Å²) in [7, 11) is 1.54. The van der Waals surface area contributed by atoms with Crippen molar-refractivity contribution in [3.8, 4) is 5.75 Å². The van der Waals surface area contributed by atoms with Crippen molar-refractivity contribution in [3.05, 3.63) is 48.6 Å². The summed E-state index contributed by atoms with van der Waals surface area (Å²) < 4.78 is 5.35. The lowest BCUT2D eigenvalue weighted by Crippen LogP contribution is -2.19. The Morgan fingerprint density at radius 2 is 2.39 bits per heavy atom. The van der Waals surface area contributed by atoms with Crippen LogP contribution in [0.4, 0.5) is 0 Å². The number of allylic oxidation sites excluding steroid dienone is 2. The van der Waals surface area contributed by atoms with Gasteiger partial charge in [-0.25, -0.2) is 4.99 Å². The van der Waals surface area contributed by atoms with Gasteiger partial charge in [-0.1, -0.05) is 6.08 Å². The predicted molar refractivity (Wildman–Crippen MR) is 70.7 cm³/mol. The van der Waals surface area contributed by atoms with E-state index < -0.39 is 0 Å². The zero-order chi connectivity index (χ0) is 13.4. The molecule has 1 N–H and O–H groups in total. The highest BCUT2D eigenvalue weighted by Gasteiger charge is 2.06. The van der Waals surface area contributed by atoms with Crippen LogP contribution in [0.3, 0.4) is 0 Å². The molecule has 0 aromatic carbocycles. The lowest BCUT2D eigenvalue weighted by molar-refractivity contribution is 0.0958. The number of ether oxygens (including phenoxy) is 1. The summed E-state index contributed by atoms with van der Waals surface area (Å²) >= 11 is 0. The van der Waals surface area contributed by atoms with E-state index in [0.717, 1.165) is 0 Å². The van der Waals surface area contributed by atoms with E-state index in [2.05, 4.69) is 21.9 Å². The monoisotopic (exact) mass is 245 g/mol. The van der Waals surface area contributed by atoms with Crippen molar-refractivity contribution in [2.45, 2.75) is 6.92 Å². The van der Waals surface area contributed by atoms with E-state index in [4.69, 9.17) is 4.74 Å². The third-order valence-corrected chi connectivity index (χ3v) is 1.92. The van der Waals surface area contributed by atoms with Crippen LogP contribution < -0.4 is 10.1 Å². The minimum atomic E-state index is -0.275. The zero-order valence-electron chi connectivity index (χ0n) is 10.4. The highest BCUT2D eigenvalue weighted by atomic mass is 16.5. The van der Waals surface area contributed by atoms with Crippen LogP contribution in [0.5, 0.6) is 5.75 Å². The number of hydrogen-bond donors (Lipinski definition) is 1. The first-order valence-corrected chi connectivity index (χ1v) is 5.37. The number of amides is 1. The van der Waals surface area contributed by atoms with Crippen LogP contribution in [0.15, 0.2) is 47.9 Å². The van der Waals surface area contributed by atoms with Gasteiger partial charge in [0.25, 0.3) is 5.91 Å². The fourth-order valence-electron chi connectivity index (χ4n) is 1.10. The topological polar surface area (TPSA) is 63.6 Å². The summed E-state index contributed by atoms with van der Waals surface area (Å²) in [6.45, 7) is 5.52. The van der Waals surface area contributed by atoms with Crippen molar-refractivity contribution >= 4 is 12.1 Å². The van der Waals surface area contributed by atoms with E-state index in [-0.39, 0.29) is 17.5 Å². The van der Waals surface area contributed by atoms with Crippen molar-refractivity contribution in [1.29, 1.82) is 0 Å². The van der Waals surface area contributed by atoms with Gasteiger partial charge < -0.3 is 10.1 Å². The molecule has 0 unspecified atom stereocenters. The molecular weight excluding hydrogens is 230 g/mol. The largest absolute Gasteiger partial charge is 0.440 e. The summed E-state index contributed by atoms with van der Waals surface area (Å²) in [5.74, 6) is 0.428. The highest BCUT2D eigenvalue weighted by molar-refractivity contribution is 5.92. The average Bonchev–Trinajstić information content (AvgIpc) is 2.38. The molecule has 5 nitrogen and oxygen atoms in total. The lowest BCUT2D eigenvalue weighted by atomic mass is 10.3. The number of nitrogens with zero attached hydrogens (tertiary/aromatic N) is 2. The molecule has 0 atom stereocenters. The molecule has 0 radical (unpaired) electrons. The Morgan fingerprint density at radius 3 is 3.06 bits per heavy atom. The molecule has 0 aliphatic heterocycles. The van der Waals surface area contributed by atoms with E-state index in [9.17, 15) is 4.79 Å². The maximum absolute atomic E-state index is 11.4. The fourth-order valence-corrected chi connectivity index (χ4v) is 1.10. The number of aliphatic imine (C=N–C) groups is 1. The molecule has 1 aromatic heterocycles. The number of pyridine rings is 1. The van der Waals surface area contributed by atoms with Gasteiger partial charge in [-0.15, -0.1) is 0 Å². The van der Waals surface area contributed by atoms with Crippen LogP contribution in [0.25, 0.3) is 0 Å². The van der Waals surface area contributed by atoms with Crippen molar-refractivity contribution in [3.63, 3.8) is 0 Å². The maximum atomic E-state index is 11.4. The first-order valence-electron chi connectivity index (χ1n) is 5.37. The van der Waals surface area contributed by atoms with Gasteiger partial charge in [0, 0.05) is 25.5 Å². The summed E-state index contributed by atoms with van der Waals surface area (Å²) in [6.07, 6.45) is 6.66. The van der Waals surface area contributed by atoms with Crippen LogP contribution in [-0.2, 0) is 0 Å². The van der Waals surface area contributed by atoms with Crippen LogP contribution in [0, 0.1) is 0 Å². The Hall–Kier alpha value is -2.43. The minimum absolute atomic E-state index is 0.238. The molecule has 0 aliphatic rings. The molecule has 1 aromatic rings. The van der Waals surface area contributed by atoms with Gasteiger partial charge in [0.15, 0.2) is 0 Å². The normalized spacial score (nSPS) is 10.8. The number of aromatic nitrogens is 1. The second kappa shape index (κ2) is 7.01. The molecule has 0 saturated carbocycles. The molecule has 0 spiro atoms. The Morgan fingerprint density at radius 1 is 1.61 bits per heavy atom. The number of carbonyl (C=O) groups is 1. The summed E-state index contributed by atoms with van der Waals surface area (Å²) in [6, 6.07) is 3.15. The molecule has 1 amide bonds. The molecule has 5 heteroatoms. The fraction of sp³-hybridized carbons (Fsp3) is 0.154. The van der Waals surface area contributed by atoms with Crippen LogP contribution >= 0.6 is 0 Å². The molecule has 1 rings (SSSR count). The number of carbonyl (C=O) groups excluding carboxylic acids is 1. The van der Waals surface area contributed by atoms with E-state index in [1.807, 2.05) is 13.0 Å². The summed E-state index contributed by atoms with van der Waals surface area (Å²) in [5.41, 5.74) is 0.278. The Labute approximate surface area is 106 Å². The highest BCUT2D eigenvalue weighted by Crippen LogP contribution is 2.14. The molecule has 0 bridgehead atoms. The number of rotatable bonds is 5. The van der Waals surface area contributed by atoms with Gasteiger partial charge in [-0.3, -0.25) is 9.78 Å². The van der Waals surface area contributed by atoms with Gasteiger partial charge >= 0.3 is 0 Å². The maximum Gasteiger partial charge on any atom is 0.269 e. The SMILES string of the molecule is C=C(/N=C\C=C/C)Oc1ccnc(C(=O)NC)c1. The average molecular weight is 245 g/mol. The van der Waals surface area contributed by atoms with Crippen LogP contribution in [0.2, 0.25) is 0 Å². The Kier molecular flexibility index (Phi) is 5.31. The third kappa shape index (κ3) is 4.21. The molecular formula is C13H15N3O2. The summed E-state index contributed by atoms with van der Waals surface area (Å²) in [4.78, 5) is 19.2. The van der Waals surface area contributed by atoms with Gasteiger partial charge in [0.05, 0.1) is 0 Å². The molecule has 18 heavy (non-hydrogen) atoms. The van der Waals surface area contributed by atoms with E-state index in [1.165, 1.54) is 19.3 Å². The lowest BCUT2D eigenvalue weighted by Gasteiger charge is -2.05. The first-order chi connectivity index (χ1) is 8.67. The van der Waals surface area contributed by atoms with Crippen LogP contribution in [-0.4, -0.2) is 24.2 Å². The number of nitrogens with one attached hydrogen (secondary N) is 1. The van der Waals surface area contributed by atoms with E-state index in [0.29, 0.717) is 5.75 Å². The second-order valence-corrected chi connectivity index (χ2v) is 3.26. The summed E-state index contributed by atoms with van der Waals surface area (Å²) in [5, 5.41) is 2.49. The third-order valence-electron chi connectivity index (χ3n) is 1.92. The minimum Gasteiger partial charge on any atom is -0.440 e. The smallest absolute Gasteiger partial charge is 0.269 e. The standard InChI is InChI=1S/C13H15N3O2/c1-4-5-7-15-10(2)18-11-6-8-16-12(9-11)13(17)14-3/h4-9H,2H2,1,3H3,(H,14,17)/b5-4-,15-7-. The predicted octanol–water partition coefficient (Wildman–Crippen LogP) is 1.94. The Bertz CT molecular complexity index is 493. The molecule has 0 fully saturated rings. The number of hydrogen-bond acceptors (Lipinski definition) is 4. The molecule has 0 aliphatic carbocycles. The van der Waals surface area contributed by atoms with Crippen molar-refractivity contribution in [2.24, 2.45) is 4.99 Å². The Balaban J connectivity index is 2.73. The van der Waals surface area contributed by atoms with Gasteiger partial charge in [-0.2, -0.15) is 0 Å². The molecule has 0 saturated heterocycles. The van der Waals surface area contributed by atoms with Crippen molar-refractivity contribution in [1.82, 2.24) is 10.3 Å². The van der Waals surface area contributed by atoms with Gasteiger partial charge in [0.2, 0.25) is 5.88 Å².